The van der Waals surface area contributed by atoms with Crippen LogP contribution in [-0.2, 0) is 0 Å². The van der Waals surface area contributed by atoms with E-state index < -0.39 is 0 Å². The van der Waals surface area contributed by atoms with Crippen molar-refractivity contribution >= 4 is 11.7 Å². The third kappa shape index (κ3) is 2.61. The summed E-state index contributed by atoms with van der Waals surface area (Å²) in [5, 5.41) is 10.2. The summed E-state index contributed by atoms with van der Waals surface area (Å²) >= 11 is 0. The second-order valence-electron chi connectivity index (χ2n) is 5.37. The van der Waals surface area contributed by atoms with Crippen LogP contribution in [0, 0.1) is 13.8 Å². The zero-order valence-corrected chi connectivity index (χ0v) is 12.3. The van der Waals surface area contributed by atoms with Gasteiger partial charge >= 0.3 is 6.03 Å². The SMILES string of the molecule is Cc1n[nH]c(C)c1[C@H]1CCCN1C(=O)Nc1cccnc1. The zero-order chi connectivity index (χ0) is 14.8. The Bertz CT molecular complexity index is 617. The second-order valence-corrected chi connectivity index (χ2v) is 5.37. The molecule has 2 N–H and O–H groups in total. The highest BCUT2D eigenvalue weighted by Gasteiger charge is 2.33. The van der Waals surface area contributed by atoms with Gasteiger partial charge in [-0.15, -0.1) is 0 Å². The van der Waals surface area contributed by atoms with Crippen LogP contribution in [0.15, 0.2) is 24.5 Å². The van der Waals surface area contributed by atoms with E-state index in [0.717, 1.165) is 36.3 Å². The molecule has 6 heteroatoms. The van der Waals surface area contributed by atoms with Crippen molar-refractivity contribution in [2.45, 2.75) is 32.7 Å². The van der Waals surface area contributed by atoms with Gasteiger partial charge in [0, 0.05) is 24.0 Å². The predicted molar refractivity (Wildman–Crippen MR) is 80.0 cm³/mol. The van der Waals surface area contributed by atoms with Crippen LogP contribution in [0.2, 0.25) is 0 Å². The average molecular weight is 285 g/mol. The second kappa shape index (κ2) is 5.55. The lowest BCUT2D eigenvalue weighted by molar-refractivity contribution is 0.207. The minimum absolute atomic E-state index is 0.0782. The maximum atomic E-state index is 12.5. The summed E-state index contributed by atoms with van der Waals surface area (Å²) in [6.45, 7) is 4.75. The molecule has 0 aromatic carbocycles. The Hall–Kier alpha value is -2.37. The van der Waals surface area contributed by atoms with E-state index in [-0.39, 0.29) is 12.1 Å². The van der Waals surface area contributed by atoms with Crippen molar-refractivity contribution in [2.24, 2.45) is 0 Å². The number of nitrogens with one attached hydrogen (secondary N) is 2. The zero-order valence-electron chi connectivity index (χ0n) is 12.3. The first-order chi connectivity index (χ1) is 10.2. The van der Waals surface area contributed by atoms with Crippen molar-refractivity contribution < 1.29 is 4.79 Å². The first kappa shape index (κ1) is 13.6. The van der Waals surface area contributed by atoms with E-state index >= 15 is 0 Å². The Labute approximate surface area is 123 Å². The summed E-state index contributed by atoms with van der Waals surface area (Å²) in [7, 11) is 0. The Balaban J connectivity index is 1.80. The van der Waals surface area contributed by atoms with E-state index in [4.69, 9.17) is 0 Å². The molecule has 21 heavy (non-hydrogen) atoms. The van der Waals surface area contributed by atoms with Crippen LogP contribution in [0.5, 0.6) is 0 Å². The standard InChI is InChI=1S/C15H19N5O/c1-10-14(11(2)19-18-10)13-6-4-8-20(13)15(21)17-12-5-3-7-16-9-12/h3,5,7,9,13H,4,6,8H2,1-2H3,(H,17,21)(H,18,19)/t13-/m1/s1. The van der Waals surface area contributed by atoms with Crippen molar-refractivity contribution in [3.8, 4) is 0 Å². The Morgan fingerprint density at radius 2 is 2.33 bits per heavy atom. The summed E-state index contributed by atoms with van der Waals surface area (Å²) in [4.78, 5) is 18.4. The Morgan fingerprint density at radius 3 is 3.00 bits per heavy atom. The summed E-state index contributed by atoms with van der Waals surface area (Å²) in [6, 6.07) is 3.66. The summed E-state index contributed by atoms with van der Waals surface area (Å²) in [6.07, 6.45) is 5.32. The van der Waals surface area contributed by atoms with Crippen LogP contribution in [0.3, 0.4) is 0 Å². The number of anilines is 1. The van der Waals surface area contributed by atoms with Gasteiger partial charge in [-0.25, -0.2) is 4.79 Å². The van der Waals surface area contributed by atoms with Crippen molar-refractivity contribution in [1.29, 1.82) is 0 Å². The summed E-state index contributed by atoms with van der Waals surface area (Å²) < 4.78 is 0. The van der Waals surface area contributed by atoms with Gasteiger partial charge in [-0.2, -0.15) is 5.10 Å². The number of carbonyl (C=O) groups excluding carboxylic acids is 1. The molecule has 2 aromatic heterocycles. The highest BCUT2D eigenvalue weighted by molar-refractivity contribution is 5.89. The molecular formula is C15H19N5O. The van der Waals surface area contributed by atoms with E-state index in [9.17, 15) is 4.79 Å². The molecule has 3 heterocycles. The molecule has 110 valence electrons. The number of likely N-dealkylation sites (tertiary alicyclic amines) is 1. The molecule has 1 atom stereocenters. The fourth-order valence-electron chi connectivity index (χ4n) is 2.99. The lowest BCUT2D eigenvalue weighted by Crippen LogP contribution is -2.34. The molecule has 0 spiro atoms. The molecule has 0 unspecified atom stereocenters. The first-order valence-electron chi connectivity index (χ1n) is 7.16. The lowest BCUT2D eigenvalue weighted by Gasteiger charge is -2.25. The number of hydrogen-bond acceptors (Lipinski definition) is 3. The van der Waals surface area contributed by atoms with Crippen LogP contribution in [0.25, 0.3) is 0 Å². The van der Waals surface area contributed by atoms with E-state index in [2.05, 4.69) is 20.5 Å². The molecule has 0 aliphatic carbocycles. The molecule has 2 amide bonds. The van der Waals surface area contributed by atoms with Crippen LogP contribution in [0.1, 0.15) is 35.8 Å². The van der Waals surface area contributed by atoms with Crippen LogP contribution < -0.4 is 5.32 Å². The van der Waals surface area contributed by atoms with Crippen molar-refractivity contribution in [3.63, 3.8) is 0 Å². The number of aromatic amines is 1. The minimum Gasteiger partial charge on any atom is -0.317 e. The van der Waals surface area contributed by atoms with E-state index in [1.807, 2.05) is 24.8 Å². The number of carbonyl (C=O) groups is 1. The van der Waals surface area contributed by atoms with Crippen molar-refractivity contribution in [3.05, 3.63) is 41.5 Å². The monoisotopic (exact) mass is 285 g/mol. The minimum atomic E-state index is -0.0782. The Morgan fingerprint density at radius 1 is 1.48 bits per heavy atom. The van der Waals surface area contributed by atoms with Crippen LogP contribution in [0.4, 0.5) is 10.5 Å². The fourth-order valence-corrected chi connectivity index (χ4v) is 2.99. The van der Waals surface area contributed by atoms with Crippen LogP contribution in [-0.4, -0.2) is 32.7 Å². The first-order valence-corrected chi connectivity index (χ1v) is 7.16. The molecule has 0 radical (unpaired) electrons. The van der Waals surface area contributed by atoms with E-state index in [0.29, 0.717) is 5.69 Å². The molecule has 3 rings (SSSR count). The van der Waals surface area contributed by atoms with E-state index in [1.165, 1.54) is 0 Å². The number of pyridine rings is 1. The van der Waals surface area contributed by atoms with Crippen LogP contribution >= 0.6 is 0 Å². The molecule has 1 fully saturated rings. The molecular weight excluding hydrogens is 266 g/mol. The van der Waals surface area contributed by atoms with Gasteiger partial charge in [0.2, 0.25) is 0 Å². The van der Waals surface area contributed by atoms with Crippen molar-refractivity contribution in [2.75, 3.05) is 11.9 Å². The van der Waals surface area contributed by atoms with Gasteiger partial charge in [0.05, 0.1) is 23.6 Å². The molecule has 0 saturated carbocycles. The average Bonchev–Trinajstić information content (AvgIpc) is 3.07. The van der Waals surface area contributed by atoms with Gasteiger partial charge < -0.3 is 10.2 Å². The maximum Gasteiger partial charge on any atom is 0.322 e. The quantitative estimate of drug-likeness (QED) is 0.891. The van der Waals surface area contributed by atoms with E-state index in [1.54, 1.807) is 18.5 Å². The molecule has 1 aliphatic rings. The largest absolute Gasteiger partial charge is 0.322 e. The number of hydrogen-bond donors (Lipinski definition) is 2. The summed E-state index contributed by atoms with van der Waals surface area (Å²) in [5.74, 6) is 0. The fraction of sp³-hybridized carbons (Fsp3) is 0.400. The molecule has 0 bridgehead atoms. The topological polar surface area (TPSA) is 73.9 Å². The van der Waals surface area contributed by atoms with Gasteiger partial charge in [0.1, 0.15) is 0 Å². The molecule has 1 saturated heterocycles. The van der Waals surface area contributed by atoms with Gasteiger partial charge in [-0.1, -0.05) is 0 Å². The molecule has 1 aliphatic heterocycles. The predicted octanol–water partition coefficient (Wildman–Crippen LogP) is 2.79. The third-order valence-corrected chi connectivity index (χ3v) is 3.94. The normalized spacial score (nSPS) is 18.0. The van der Waals surface area contributed by atoms with Gasteiger partial charge in [-0.05, 0) is 38.8 Å². The number of H-pyrrole nitrogens is 1. The number of nitrogens with zero attached hydrogens (tertiary/aromatic N) is 3. The number of urea groups is 1. The van der Waals surface area contributed by atoms with Gasteiger partial charge in [0.15, 0.2) is 0 Å². The third-order valence-electron chi connectivity index (χ3n) is 3.94. The smallest absolute Gasteiger partial charge is 0.317 e. The highest BCUT2D eigenvalue weighted by Crippen LogP contribution is 2.35. The lowest BCUT2D eigenvalue weighted by atomic mass is 10.0. The summed E-state index contributed by atoms with van der Waals surface area (Å²) in [5.41, 5.74) is 3.87. The maximum absolute atomic E-state index is 12.5. The van der Waals surface area contributed by atoms with Gasteiger partial charge in [-0.3, -0.25) is 10.1 Å². The molecule has 2 aromatic rings. The van der Waals surface area contributed by atoms with Gasteiger partial charge in [0.25, 0.3) is 0 Å². The Kier molecular flexibility index (Phi) is 3.60. The van der Waals surface area contributed by atoms with Crippen molar-refractivity contribution in [1.82, 2.24) is 20.1 Å². The highest BCUT2D eigenvalue weighted by atomic mass is 16.2. The number of amides is 2. The number of aryl methyl sites for hydroxylation is 2. The molecule has 6 nitrogen and oxygen atoms in total. The number of rotatable bonds is 2. The number of aromatic nitrogens is 3.